The fraction of sp³-hybridized carbons (Fsp3) is 0.400. The van der Waals surface area contributed by atoms with Gasteiger partial charge in [0.1, 0.15) is 5.75 Å². The Balaban J connectivity index is 1.62. The zero-order chi connectivity index (χ0) is 19.2. The molecule has 3 N–H and O–H groups in total. The highest BCUT2D eigenvalue weighted by Gasteiger charge is 2.37. The van der Waals surface area contributed by atoms with E-state index in [4.69, 9.17) is 4.74 Å². The van der Waals surface area contributed by atoms with E-state index in [0.717, 1.165) is 16.9 Å². The number of alkyl halides is 3. The van der Waals surface area contributed by atoms with Gasteiger partial charge in [-0.25, -0.2) is 15.6 Å². The van der Waals surface area contributed by atoms with Crippen LogP contribution in [0.3, 0.4) is 0 Å². The Kier molecular flexibility index (Phi) is 6.26. The number of halogens is 3. The molecule has 0 atom stereocenters. The topological polar surface area (TPSA) is 101 Å². The van der Waals surface area contributed by atoms with E-state index in [2.05, 4.69) is 30.8 Å². The van der Waals surface area contributed by atoms with E-state index in [9.17, 15) is 18.0 Å². The number of ether oxygens (including phenoxy) is 1. The minimum Gasteiger partial charge on any atom is -0.493 e. The Morgan fingerprint density at radius 3 is 2.73 bits per heavy atom. The molecule has 1 aromatic carbocycles. The summed E-state index contributed by atoms with van der Waals surface area (Å²) in [6.45, 7) is 4.64. The first-order valence-corrected chi connectivity index (χ1v) is 7.66. The van der Waals surface area contributed by atoms with Gasteiger partial charge in [0.05, 0.1) is 6.61 Å². The SMILES string of the molecule is Cc1ccc(OCCCNC(=O)NNc2nc(C(F)(F)F)no2)c(C)c1. The van der Waals surface area contributed by atoms with Crippen LogP contribution in [0.5, 0.6) is 5.75 Å². The van der Waals surface area contributed by atoms with Crippen molar-refractivity contribution >= 4 is 12.0 Å². The van der Waals surface area contributed by atoms with Crippen LogP contribution < -0.4 is 20.9 Å². The lowest BCUT2D eigenvalue weighted by Crippen LogP contribution is -2.39. The van der Waals surface area contributed by atoms with Gasteiger partial charge in [0, 0.05) is 6.54 Å². The van der Waals surface area contributed by atoms with Gasteiger partial charge in [-0.2, -0.15) is 18.2 Å². The van der Waals surface area contributed by atoms with Crippen LogP contribution in [0.25, 0.3) is 0 Å². The fourth-order valence-electron chi connectivity index (χ4n) is 1.96. The molecular formula is C15H18F3N5O3. The van der Waals surface area contributed by atoms with E-state index in [0.29, 0.717) is 19.6 Å². The molecular weight excluding hydrogens is 355 g/mol. The van der Waals surface area contributed by atoms with Crippen molar-refractivity contribution in [1.82, 2.24) is 20.9 Å². The summed E-state index contributed by atoms with van der Waals surface area (Å²) in [4.78, 5) is 14.5. The summed E-state index contributed by atoms with van der Waals surface area (Å²) in [7, 11) is 0. The van der Waals surface area contributed by atoms with Crippen molar-refractivity contribution in [3.8, 4) is 5.75 Å². The van der Waals surface area contributed by atoms with Gasteiger partial charge in [-0.3, -0.25) is 0 Å². The van der Waals surface area contributed by atoms with E-state index < -0.39 is 24.0 Å². The highest BCUT2D eigenvalue weighted by Crippen LogP contribution is 2.26. The average molecular weight is 373 g/mol. The second-order valence-corrected chi connectivity index (χ2v) is 5.40. The predicted molar refractivity (Wildman–Crippen MR) is 85.5 cm³/mol. The Morgan fingerprint density at radius 1 is 1.31 bits per heavy atom. The van der Waals surface area contributed by atoms with Gasteiger partial charge < -0.3 is 14.6 Å². The van der Waals surface area contributed by atoms with Crippen LogP contribution in [0, 0.1) is 13.8 Å². The number of aryl methyl sites for hydroxylation is 2. The number of hydrogen-bond donors (Lipinski definition) is 3. The van der Waals surface area contributed by atoms with Crippen LogP contribution in [-0.2, 0) is 6.18 Å². The molecule has 0 aliphatic carbocycles. The van der Waals surface area contributed by atoms with Crippen LogP contribution >= 0.6 is 0 Å². The second-order valence-electron chi connectivity index (χ2n) is 5.40. The summed E-state index contributed by atoms with van der Waals surface area (Å²) in [5, 5.41) is 5.23. The van der Waals surface area contributed by atoms with Crippen molar-refractivity contribution in [2.45, 2.75) is 26.4 Å². The molecule has 11 heteroatoms. The summed E-state index contributed by atoms with van der Waals surface area (Å²) < 4.78 is 46.8. The van der Waals surface area contributed by atoms with Gasteiger partial charge in [0.25, 0.3) is 5.82 Å². The molecule has 0 radical (unpaired) electrons. The van der Waals surface area contributed by atoms with Gasteiger partial charge >= 0.3 is 18.2 Å². The number of hydrogen-bond acceptors (Lipinski definition) is 6. The predicted octanol–water partition coefficient (Wildman–Crippen LogP) is 2.80. The molecule has 0 spiro atoms. The first kappa shape index (κ1) is 19.3. The van der Waals surface area contributed by atoms with E-state index >= 15 is 0 Å². The number of aromatic nitrogens is 2. The summed E-state index contributed by atoms with van der Waals surface area (Å²) in [5.41, 5.74) is 6.33. The Hall–Kier alpha value is -2.98. The molecule has 2 rings (SSSR count). The minimum atomic E-state index is -4.72. The fourth-order valence-corrected chi connectivity index (χ4v) is 1.96. The van der Waals surface area contributed by atoms with Crippen molar-refractivity contribution in [2.24, 2.45) is 0 Å². The number of carbonyl (C=O) groups excluding carboxylic acids is 1. The van der Waals surface area contributed by atoms with Gasteiger partial charge in [0.15, 0.2) is 0 Å². The van der Waals surface area contributed by atoms with E-state index in [1.165, 1.54) is 0 Å². The number of nitrogens with one attached hydrogen (secondary N) is 3. The van der Waals surface area contributed by atoms with Crippen molar-refractivity contribution < 1.29 is 27.2 Å². The number of rotatable bonds is 7. The maximum atomic E-state index is 12.3. The Labute approximate surface area is 147 Å². The summed E-state index contributed by atoms with van der Waals surface area (Å²) in [5.74, 6) is -0.663. The third-order valence-electron chi connectivity index (χ3n) is 3.16. The molecule has 1 aromatic heterocycles. The van der Waals surface area contributed by atoms with Crippen molar-refractivity contribution in [1.29, 1.82) is 0 Å². The lowest BCUT2D eigenvalue weighted by Gasteiger charge is -2.10. The highest BCUT2D eigenvalue weighted by atomic mass is 19.4. The molecule has 0 aliphatic heterocycles. The molecule has 0 fully saturated rings. The monoisotopic (exact) mass is 373 g/mol. The summed E-state index contributed by atoms with van der Waals surface area (Å²) in [6, 6.07) is 4.60. The number of urea groups is 1. The van der Waals surface area contributed by atoms with Gasteiger partial charge in [-0.15, -0.1) is 0 Å². The molecule has 8 nitrogen and oxygen atoms in total. The number of hydrazine groups is 1. The van der Waals surface area contributed by atoms with E-state index in [-0.39, 0.29) is 0 Å². The highest BCUT2D eigenvalue weighted by molar-refractivity contribution is 5.74. The number of anilines is 1. The van der Waals surface area contributed by atoms with Gasteiger partial charge in [-0.1, -0.05) is 17.7 Å². The van der Waals surface area contributed by atoms with Crippen molar-refractivity contribution in [2.75, 3.05) is 18.6 Å². The molecule has 1 heterocycles. The standard InChI is InChI=1S/C15H18F3N5O3/c1-9-4-5-11(10(2)8-9)25-7-3-6-19-13(24)21-22-14-20-12(23-26-14)15(16,17)18/h4-5,8H,3,6-7H2,1-2H3,(H2,19,21,24)(H,20,22,23). The largest absolute Gasteiger partial charge is 0.493 e. The first-order valence-electron chi connectivity index (χ1n) is 7.66. The molecule has 0 bridgehead atoms. The van der Waals surface area contributed by atoms with Crippen molar-refractivity contribution in [3.63, 3.8) is 0 Å². The number of nitrogens with zero attached hydrogens (tertiary/aromatic N) is 2. The molecule has 0 aliphatic rings. The lowest BCUT2D eigenvalue weighted by molar-refractivity contribution is -0.146. The normalized spacial score (nSPS) is 11.1. The maximum absolute atomic E-state index is 12.3. The number of carbonyl (C=O) groups is 1. The van der Waals surface area contributed by atoms with Crippen LogP contribution in [0.1, 0.15) is 23.4 Å². The molecule has 142 valence electrons. The lowest BCUT2D eigenvalue weighted by atomic mass is 10.1. The Morgan fingerprint density at radius 2 is 2.08 bits per heavy atom. The van der Waals surface area contributed by atoms with E-state index in [1.807, 2.05) is 32.0 Å². The Bertz CT molecular complexity index is 748. The zero-order valence-corrected chi connectivity index (χ0v) is 14.1. The molecule has 2 amide bonds. The van der Waals surface area contributed by atoms with E-state index in [1.54, 1.807) is 0 Å². The third-order valence-corrected chi connectivity index (χ3v) is 3.16. The van der Waals surface area contributed by atoms with Crippen LogP contribution in [0.15, 0.2) is 22.7 Å². The quantitative estimate of drug-likeness (QED) is 0.510. The minimum absolute atomic E-state index is 0.302. The average Bonchev–Trinajstić information content (AvgIpc) is 3.04. The molecule has 2 aromatic rings. The number of benzene rings is 1. The zero-order valence-electron chi connectivity index (χ0n) is 14.1. The second kappa shape index (κ2) is 8.41. The first-order chi connectivity index (χ1) is 12.3. The smallest absolute Gasteiger partial charge is 0.455 e. The van der Waals surface area contributed by atoms with Gasteiger partial charge in [0.2, 0.25) is 0 Å². The van der Waals surface area contributed by atoms with Crippen LogP contribution in [0.2, 0.25) is 0 Å². The van der Waals surface area contributed by atoms with Gasteiger partial charge in [-0.05, 0) is 37.1 Å². The molecule has 26 heavy (non-hydrogen) atoms. The molecule has 0 unspecified atom stereocenters. The van der Waals surface area contributed by atoms with Crippen LogP contribution in [-0.4, -0.2) is 29.3 Å². The molecule has 0 saturated carbocycles. The third kappa shape index (κ3) is 5.83. The number of amides is 2. The summed E-state index contributed by atoms with van der Waals surface area (Å²) in [6.07, 6.45) is -4.18. The van der Waals surface area contributed by atoms with Crippen molar-refractivity contribution in [3.05, 3.63) is 35.2 Å². The maximum Gasteiger partial charge on any atom is 0.455 e. The van der Waals surface area contributed by atoms with Crippen LogP contribution in [0.4, 0.5) is 24.0 Å². The molecule has 0 saturated heterocycles. The summed E-state index contributed by atoms with van der Waals surface area (Å²) >= 11 is 0.